The Hall–Kier alpha value is -2.36. The van der Waals surface area contributed by atoms with Gasteiger partial charge >= 0.3 is 0 Å². The van der Waals surface area contributed by atoms with Crippen LogP contribution in [0.3, 0.4) is 0 Å². The fraction of sp³-hybridized carbons (Fsp3) is 0.294. The molecular weight excluding hydrogens is 260 g/mol. The highest BCUT2D eigenvalue weighted by molar-refractivity contribution is 5.68. The zero-order chi connectivity index (χ0) is 15.6. The maximum absolute atomic E-state index is 5.99. The van der Waals surface area contributed by atoms with Crippen LogP contribution in [0.1, 0.15) is 37.8 Å². The van der Waals surface area contributed by atoms with Crippen LogP contribution in [0.5, 0.6) is 0 Å². The average Bonchev–Trinajstić information content (AvgIpc) is 2.48. The Morgan fingerprint density at radius 3 is 1.33 bits per heavy atom. The van der Waals surface area contributed by atoms with Gasteiger partial charge in [-0.05, 0) is 48.2 Å². The maximum Gasteiger partial charge on any atom is 0.0550 e. The number of hydrogen-bond donors (Lipinski definition) is 4. The summed E-state index contributed by atoms with van der Waals surface area (Å²) in [5.41, 5.74) is 28.3. The third kappa shape index (κ3) is 2.49. The second-order valence-electron chi connectivity index (χ2n) is 5.48. The number of benzene rings is 2. The van der Waals surface area contributed by atoms with Crippen molar-refractivity contribution in [2.24, 2.45) is 0 Å². The van der Waals surface area contributed by atoms with Gasteiger partial charge in [-0.15, -0.1) is 0 Å². The molecule has 112 valence electrons. The van der Waals surface area contributed by atoms with Gasteiger partial charge in [0.1, 0.15) is 0 Å². The summed E-state index contributed by atoms with van der Waals surface area (Å²) in [6.07, 6.45) is 1.88. The first-order chi connectivity index (χ1) is 9.94. The van der Waals surface area contributed by atoms with Gasteiger partial charge in [0.2, 0.25) is 0 Å². The highest BCUT2D eigenvalue weighted by Crippen LogP contribution is 2.41. The van der Waals surface area contributed by atoms with Crippen molar-refractivity contribution in [3.8, 4) is 0 Å². The summed E-state index contributed by atoms with van der Waals surface area (Å²) in [6.45, 7) is 4.34. The first-order valence-electron chi connectivity index (χ1n) is 7.25. The fourth-order valence-electron chi connectivity index (χ4n) is 2.98. The van der Waals surface area contributed by atoms with Gasteiger partial charge in [-0.2, -0.15) is 0 Å². The first kappa shape index (κ1) is 15.0. The van der Waals surface area contributed by atoms with Crippen LogP contribution in [-0.2, 0) is 5.41 Å². The Balaban J connectivity index is 2.63. The van der Waals surface area contributed by atoms with Crippen LogP contribution in [-0.4, -0.2) is 0 Å². The van der Waals surface area contributed by atoms with Gasteiger partial charge in [0.25, 0.3) is 0 Å². The molecule has 0 heterocycles. The van der Waals surface area contributed by atoms with Gasteiger partial charge in [0.05, 0.1) is 22.7 Å². The SMILES string of the molecule is CCC(CC)(c1ccc(N)c(N)c1)c1ccc(N)c(N)c1. The van der Waals surface area contributed by atoms with E-state index in [-0.39, 0.29) is 5.41 Å². The number of hydrogen-bond acceptors (Lipinski definition) is 4. The predicted molar refractivity (Wildman–Crippen MR) is 91.9 cm³/mol. The third-order valence-electron chi connectivity index (χ3n) is 4.49. The Morgan fingerprint density at radius 1 is 0.667 bits per heavy atom. The quantitative estimate of drug-likeness (QED) is 0.647. The standard InChI is InChI=1S/C17H24N4/c1-3-17(4-2,11-5-7-13(18)15(20)9-11)12-6-8-14(19)16(21)10-12/h5-10H,3-4,18-21H2,1-2H3. The highest BCUT2D eigenvalue weighted by Gasteiger charge is 2.31. The zero-order valence-corrected chi connectivity index (χ0v) is 12.7. The average molecular weight is 284 g/mol. The van der Waals surface area contributed by atoms with Crippen LogP contribution in [0.15, 0.2) is 36.4 Å². The number of nitrogen functional groups attached to an aromatic ring is 4. The van der Waals surface area contributed by atoms with Crippen molar-refractivity contribution in [2.45, 2.75) is 32.1 Å². The Labute approximate surface area is 126 Å². The van der Waals surface area contributed by atoms with E-state index in [0.717, 1.165) is 24.0 Å². The molecule has 4 nitrogen and oxygen atoms in total. The third-order valence-corrected chi connectivity index (χ3v) is 4.49. The van der Waals surface area contributed by atoms with Crippen molar-refractivity contribution in [1.82, 2.24) is 0 Å². The van der Waals surface area contributed by atoms with E-state index in [4.69, 9.17) is 22.9 Å². The van der Waals surface area contributed by atoms with Crippen LogP contribution in [0.4, 0.5) is 22.7 Å². The molecule has 0 aliphatic carbocycles. The first-order valence-corrected chi connectivity index (χ1v) is 7.25. The monoisotopic (exact) mass is 284 g/mol. The summed E-state index contributed by atoms with van der Waals surface area (Å²) < 4.78 is 0. The van der Waals surface area contributed by atoms with Crippen molar-refractivity contribution >= 4 is 22.7 Å². The summed E-state index contributed by atoms with van der Waals surface area (Å²) >= 11 is 0. The van der Waals surface area contributed by atoms with Gasteiger partial charge < -0.3 is 22.9 Å². The van der Waals surface area contributed by atoms with Gasteiger partial charge in [-0.25, -0.2) is 0 Å². The minimum atomic E-state index is -0.135. The largest absolute Gasteiger partial charge is 0.397 e. The van der Waals surface area contributed by atoms with E-state index in [9.17, 15) is 0 Å². The molecule has 21 heavy (non-hydrogen) atoms. The molecule has 0 spiro atoms. The molecule has 0 aromatic heterocycles. The second kappa shape index (κ2) is 5.56. The van der Waals surface area contributed by atoms with Crippen LogP contribution < -0.4 is 22.9 Å². The van der Waals surface area contributed by atoms with E-state index < -0.39 is 0 Å². The maximum atomic E-state index is 5.99. The molecule has 0 unspecified atom stereocenters. The molecule has 0 fully saturated rings. The van der Waals surface area contributed by atoms with Crippen molar-refractivity contribution in [3.63, 3.8) is 0 Å². The summed E-state index contributed by atoms with van der Waals surface area (Å²) in [5, 5.41) is 0. The second-order valence-corrected chi connectivity index (χ2v) is 5.48. The van der Waals surface area contributed by atoms with Crippen LogP contribution in [0.25, 0.3) is 0 Å². The minimum Gasteiger partial charge on any atom is -0.397 e. The van der Waals surface area contributed by atoms with Crippen molar-refractivity contribution in [2.75, 3.05) is 22.9 Å². The summed E-state index contributed by atoms with van der Waals surface area (Å²) in [6, 6.07) is 11.8. The molecule has 0 saturated carbocycles. The number of nitrogens with two attached hydrogens (primary N) is 4. The fourth-order valence-corrected chi connectivity index (χ4v) is 2.98. The predicted octanol–water partition coefficient (Wildman–Crippen LogP) is 3.12. The van der Waals surface area contributed by atoms with E-state index in [2.05, 4.69) is 13.8 Å². The van der Waals surface area contributed by atoms with Crippen LogP contribution in [0, 0.1) is 0 Å². The van der Waals surface area contributed by atoms with E-state index in [1.54, 1.807) is 0 Å². The van der Waals surface area contributed by atoms with Gasteiger partial charge in [-0.1, -0.05) is 26.0 Å². The topological polar surface area (TPSA) is 104 Å². The van der Waals surface area contributed by atoms with E-state index in [1.165, 1.54) is 0 Å². The summed E-state index contributed by atoms with van der Waals surface area (Å²) in [5.74, 6) is 0. The number of rotatable bonds is 4. The normalized spacial score (nSPS) is 11.5. The number of anilines is 4. The lowest BCUT2D eigenvalue weighted by atomic mass is 9.70. The Kier molecular flexibility index (Phi) is 3.98. The van der Waals surface area contributed by atoms with Gasteiger partial charge in [0.15, 0.2) is 0 Å². The lowest BCUT2D eigenvalue weighted by molar-refractivity contribution is 0.479. The molecular formula is C17H24N4. The smallest absolute Gasteiger partial charge is 0.0550 e. The van der Waals surface area contributed by atoms with Gasteiger partial charge in [-0.3, -0.25) is 0 Å². The van der Waals surface area contributed by atoms with E-state index >= 15 is 0 Å². The van der Waals surface area contributed by atoms with Crippen LogP contribution >= 0.6 is 0 Å². The van der Waals surface area contributed by atoms with Crippen molar-refractivity contribution in [1.29, 1.82) is 0 Å². The Morgan fingerprint density at radius 2 is 1.05 bits per heavy atom. The molecule has 0 bridgehead atoms. The van der Waals surface area contributed by atoms with Crippen LogP contribution in [0.2, 0.25) is 0 Å². The lowest BCUT2D eigenvalue weighted by Gasteiger charge is -2.34. The molecule has 8 N–H and O–H groups in total. The van der Waals surface area contributed by atoms with E-state index in [1.807, 2.05) is 36.4 Å². The molecule has 0 atom stereocenters. The minimum absolute atomic E-state index is 0.135. The molecule has 0 aliphatic rings. The van der Waals surface area contributed by atoms with Crippen molar-refractivity contribution < 1.29 is 0 Å². The van der Waals surface area contributed by atoms with Gasteiger partial charge in [0, 0.05) is 5.41 Å². The highest BCUT2D eigenvalue weighted by atomic mass is 14.7. The summed E-state index contributed by atoms with van der Waals surface area (Å²) in [7, 11) is 0. The zero-order valence-electron chi connectivity index (χ0n) is 12.7. The van der Waals surface area contributed by atoms with E-state index in [0.29, 0.717) is 22.7 Å². The molecule has 0 aliphatic heterocycles. The summed E-state index contributed by atoms with van der Waals surface area (Å²) in [4.78, 5) is 0. The molecule has 4 heteroatoms. The molecule has 2 rings (SSSR count). The molecule has 0 radical (unpaired) electrons. The molecule has 0 saturated heterocycles. The molecule has 0 amide bonds. The molecule has 2 aromatic rings. The van der Waals surface area contributed by atoms with Crippen molar-refractivity contribution in [3.05, 3.63) is 47.5 Å². The lowest BCUT2D eigenvalue weighted by Crippen LogP contribution is -2.26. The Bertz CT molecular complexity index is 592. The molecule has 2 aromatic carbocycles.